The zero-order chi connectivity index (χ0) is 19.6. The Balaban J connectivity index is 1.75. The molecule has 0 N–H and O–H groups in total. The Hall–Kier alpha value is -2.83. The molecule has 4 aromatic rings. The van der Waals surface area contributed by atoms with Crippen molar-refractivity contribution >= 4 is 27.4 Å². The van der Waals surface area contributed by atoms with Crippen molar-refractivity contribution in [2.75, 3.05) is 24.7 Å². The van der Waals surface area contributed by atoms with Crippen molar-refractivity contribution in [1.82, 2.24) is 15.0 Å². The molecule has 5 nitrogen and oxygen atoms in total. The number of pyridine rings is 1. The van der Waals surface area contributed by atoms with Gasteiger partial charge in [0, 0.05) is 23.7 Å². The summed E-state index contributed by atoms with van der Waals surface area (Å²) < 4.78 is 5.75. The molecule has 5 rings (SSSR count). The largest absolute Gasteiger partial charge is 0.377 e. The molecule has 0 spiro atoms. The molecule has 146 valence electrons. The van der Waals surface area contributed by atoms with Crippen LogP contribution in [0.15, 0.2) is 60.1 Å². The highest BCUT2D eigenvalue weighted by atomic mass is 32.1. The Morgan fingerprint density at radius 1 is 1.10 bits per heavy atom. The highest BCUT2D eigenvalue weighted by Gasteiger charge is 2.27. The van der Waals surface area contributed by atoms with E-state index in [4.69, 9.17) is 14.7 Å². The summed E-state index contributed by atoms with van der Waals surface area (Å²) in [4.78, 5) is 17.8. The zero-order valence-electron chi connectivity index (χ0n) is 16.3. The second kappa shape index (κ2) is 7.89. The fraction of sp³-hybridized carbons (Fsp3) is 0.261. The van der Waals surface area contributed by atoms with Crippen molar-refractivity contribution in [3.05, 3.63) is 60.1 Å². The van der Waals surface area contributed by atoms with Crippen molar-refractivity contribution in [2.45, 2.75) is 19.4 Å². The van der Waals surface area contributed by atoms with Crippen LogP contribution in [0.1, 0.15) is 13.3 Å². The Bertz CT molecular complexity index is 1110. The molecule has 1 aliphatic rings. The molecular weight excluding hydrogens is 380 g/mol. The first-order chi connectivity index (χ1) is 14.3. The SMILES string of the molecule is CC[C@@H]1COCCN1c1nc(-c2ccccn2)nc2scc(-c3ccccc3)c12. The van der Waals surface area contributed by atoms with E-state index < -0.39 is 0 Å². The first-order valence-corrected chi connectivity index (χ1v) is 10.8. The molecular formula is C23H22N4OS. The average molecular weight is 403 g/mol. The van der Waals surface area contributed by atoms with Crippen molar-refractivity contribution in [3.8, 4) is 22.6 Å². The van der Waals surface area contributed by atoms with Gasteiger partial charge in [-0.2, -0.15) is 0 Å². The fourth-order valence-corrected chi connectivity index (χ4v) is 4.78. The fourth-order valence-electron chi connectivity index (χ4n) is 3.84. The van der Waals surface area contributed by atoms with E-state index in [0.717, 1.165) is 41.3 Å². The van der Waals surface area contributed by atoms with Crippen molar-refractivity contribution < 1.29 is 4.74 Å². The Labute approximate surface area is 174 Å². The van der Waals surface area contributed by atoms with E-state index in [1.165, 1.54) is 11.1 Å². The van der Waals surface area contributed by atoms with Gasteiger partial charge < -0.3 is 9.64 Å². The van der Waals surface area contributed by atoms with E-state index in [0.29, 0.717) is 18.5 Å². The van der Waals surface area contributed by atoms with Gasteiger partial charge in [0.25, 0.3) is 0 Å². The Kier molecular flexibility index (Phi) is 4.96. The molecule has 6 heteroatoms. The summed E-state index contributed by atoms with van der Waals surface area (Å²) in [6.45, 7) is 4.48. The summed E-state index contributed by atoms with van der Waals surface area (Å²) in [6, 6.07) is 16.7. The van der Waals surface area contributed by atoms with Crippen molar-refractivity contribution in [3.63, 3.8) is 0 Å². The molecule has 0 bridgehead atoms. The van der Waals surface area contributed by atoms with Crippen LogP contribution < -0.4 is 4.90 Å². The molecule has 0 unspecified atom stereocenters. The number of nitrogens with zero attached hydrogens (tertiary/aromatic N) is 4. The third-order valence-corrected chi connectivity index (χ3v) is 6.24. The van der Waals surface area contributed by atoms with Crippen LogP contribution in [0, 0.1) is 0 Å². The summed E-state index contributed by atoms with van der Waals surface area (Å²) >= 11 is 1.67. The van der Waals surface area contributed by atoms with E-state index >= 15 is 0 Å². The lowest BCUT2D eigenvalue weighted by atomic mass is 10.0. The summed E-state index contributed by atoms with van der Waals surface area (Å²) in [6.07, 6.45) is 2.80. The maximum Gasteiger partial charge on any atom is 0.181 e. The van der Waals surface area contributed by atoms with Gasteiger partial charge in [-0.1, -0.05) is 43.3 Å². The van der Waals surface area contributed by atoms with Crippen LogP contribution in [0.2, 0.25) is 0 Å². The predicted octanol–water partition coefficient (Wildman–Crippen LogP) is 5.04. The molecule has 1 fully saturated rings. The quantitative estimate of drug-likeness (QED) is 0.479. The van der Waals surface area contributed by atoms with Gasteiger partial charge in [-0.15, -0.1) is 11.3 Å². The highest BCUT2D eigenvalue weighted by molar-refractivity contribution is 7.17. The molecule has 0 saturated carbocycles. The van der Waals surface area contributed by atoms with Gasteiger partial charge in [-0.25, -0.2) is 9.97 Å². The van der Waals surface area contributed by atoms with Gasteiger partial charge in [0.05, 0.1) is 24.6 Å². The zero-order valence-corrected chi connectivity index (χ0v) is 17.1. The first-order valence-electron chi connectivity index (χ1n) is 9.95. The lowest BCUT2D eigenvalue weighted by molar-refractivity contribution is 0.0927. The summed E-state index contributed by atoms with van der Waals surface area (Å²) in [7, 11) is 0. The van der Waals surface area contributed by atoms with Gasteiger partial charge in [-0.05, 0) is 24.1 Å². The summed E-state index contributed by atoms with van der Waals surface area (Å²) in [5.41, 5.74) is 3.18. The smallest absolute Gasteiger partial charge is 0.181 e. The number of thiophene rings is 1. The predicted molar refractivity (Wildman–Crippen MR) is 118 cm³/mol. The number of fused-ring (bicyclic) bond motifs is 1. The molecule has 1 aliphatic heterocycles. The van der Waals surface area contributed by atoms with Crippen LogP contribution in [0.5, 0.6) is 0 Å². The normalized spacial score (nSPS) is 17.0. The van der Waals surface area contributed by atoms with Crippen LogP contribution in [0.25, 0.3) is 32.9 Å². The van der Waals surface area contributed by atoms with Gasteiger partial charge in [0.15, 0.2) is 5.82 Å². The number of anilines is 1. The maximum atomic E-state index is 5.75. The molecule has 0 aliphatic carbocycles. The minimum Gasteiger partial charge on any atom is -0.377 e. The van der Waals surface area contributed by atoms with Crippen molar-refractivity contribution in [1.29, 1.82) is 0 Å². The highest BCUT2D eigenvalue weighted by Crippen LogP contribution is 2.40. The monoisotopic (exact) mass is 402 g/mol. The Morgan fingerprint density at radius 2 is 1.97 bits per heavy atom. The number of rotatable bonds is 4. The number of ether oxygens (including phenoxy) is 1. The van der Waals surface area contributed by atoms with Gasteiger partial charge in [0.2, 0.25) is 0 Å². The molecule has 29 heavy (non-hydrogen) atoms. The molecule has 1 atom stereocenters. The minimum absolute atomic E-state index is 0.307. The topological polar surface area (TPSA) is 51.1 Å². The third kappa shape index (κ3) is 3.39. The van der Waals surface area contributed by atoms with Gasteiger partial charge >= 0.3 is 0 Å². The number of hydrogen-bond donors (Lipinski definition) is 0. The van der Waals surface area contributed by atoms with E-state index in [1.54, 1.807) is 17.5 Å². The summed E-state index contributed by atoms with van der Waals surface area (Å²) in [5.74, 6) is 1.67. The van der Waals surface area contributed by atoms with E-state index in [-0.39, 0.29) is 0 Å². The number of hydrogen-bond acceptors (Lipinski definition) is 6. The molecule has 0 amide bonds. The van der Waals surface area contributed by atoms with Gasteiger partial charge in [0.1, 0.15) is 16.3 Å². The van der Waals surface area contributed by atoms with E-state index in [9.17, 15) is 0 Å². The van der Waals surface area contributed by atoms with Crippen LogP contribution >= 0.6 is 11.3 Å². The summed E-state index contributed by atoms with van der Waals surface area (Å²) in [5, 5.41) is 3.32. The molecule has 0 radical (unpaired) electrons. The third-order valence-electron chi connectivity index (χ3n) is 5.36. The van der Waals surface area contributed by atoms with E-state index in [2.05, 4.69) is 46.5 Å². The average Bonchev–Trinajstić information content (AvgIpc) is 3.24. The van der Waals surface area contributed by atoms with Crippen LogP contribution in [0.4, 0.5) is 5.82 Å². The second-order valence-electron chi connectivity index (χ2n) is 7.11. The first kappa shape index (κ1) is 18.2. The number of benzene rings is 1. The lowest BCUT2D eigenvalue weighted by Crippen LogP contribution is -2.45. The van der Waals surface area contributed by atoms with Crippen LogP contribution in [0.3, 0.4) is 0 Å². The standard InChI is InChI=1S/C23H22N4OS/c1-2-17-14-28-13-12-27(17)22-20-18(16-8-4-3-5-9-16)15-29-23(20)26-21(25-22)19-10-6-7-11-24-19/h3-11,15,17H,2,12-14H2,1H3/t17-/m1/s1. The molecule has 1 saturated heterocycles. The van der Waals surface area contributed by atoms with E-state index in [1.807, 2.05) is 24.3 Å². The lowest BCUT2D eigenvalue weighted by Gasteiger charge is -2.36. The Morgan fingerprint density at radius 3 is 2.76 bits per heavy atom. The number of morpholine rings is 1. The van der Waals surface area contributed by atoms with Crippen molar-refractivity contribution in [2.24, 2.45) is 0 Å². The minimum atomic E-state index is 0.307. The molecule has 1 aromatic carbocycles. The number of aromatic nitrogens is 3. The van der Waals surface area contributed by atoms with Gasteiger partial charge in [-0.3, -0.25) is 4.98 Å². The van der Waals surface area contributed by atoms with Crippen LogP contribution in [-0.2, 0) is 4.74 Å². The second-order valence-corrected chi connectivity index (χ2v) is 7.97. The maximum absolute atomic E-state index is 5.75. The van der Waals surface area contributed by atoms with Crippen LogP contribution in [-0.4, -0.2) is 40.8 Å². The molecule has 4 heterocycles. The molecule has 3 aromatic heterocycles.